The molecule has 3 aromatic rings. The molecule has 9 heteroatoms. The van der Waals surface area contributed by atoms with Gasteiger partial charge in [-0.05, 0) is 29.8 Å². The fourth-order valence-electron chi connectivity index (χ4n) is 2.67. The van der Waals surface area contributed by atoms with Crippen molar-refractivity contribution >= 4 is 17.7 Å². The highest BCUT2D eigenvalue weighted by Gasteiger charge is 2.15. The van der Waals surface area contributed by atoms with Crippen molar-refractivity contribution in [2.75, 3.05) is 27.0 Å². The molecule has 3 rings (SSSR count). The Morgan fingerprint density at radius 1 is 1.21 bits per heavy atom. The lowest BCUT2D eigenvalue weighted by atomic mass is 10.2. The van der Waals surface area contributed by atoms with E-state index in [0.717, 1.165) is 11.4 Å². The topological polar surface area (TPSA) is 69.5 Å². The number of carbonyl (C=O) groups is 1. The van der Waals surface area contributed by atoms with Gasteiger partial charge in [0.05, 0.1) is 25.7 Å². The molecule has 0 unspecified atom stereocenters. The van der Waals surface area contributed by atoms with Crippen LogP contribution in [0.5, 0.6) is 11.5 Å². The maximum atomic E-state index is 13.8. The molecule has 1 heterocycles. The maximum Gasteiger partial charge on any atom is 0.233 e. The Balaban J connectivity index is 1.62. The second-order valence-corrected chi connectivity index (χ2v) is 7.13. The summed E-state index contributed by atoms with van der Waals surface area (Å²) in [5.74, 6) is 0.514. The summed E-state index contributed by atoms with van der Waals surface area (Å²) in [4.78, 5) is 14.1. The molecule has 152 valence electrons. The molecule has 0 aliphatic rings. The van der Waals surface area contributed by atoms with Gasteiger partial charge in [-0.25, -0.2) is 4.39 Å². The molecule has 0 bridgehead atoms. The van der Waals surface area contributed by atoms with Crippen molar-refractivity contribution in [1.29, 1.82) is 0 Å². The van der Waals surface area contributed by atoms with Crippen LogP contribution < -0.4 is 9.47 Å². The van der Waals surface area contributed by atoms with Crippen molar-refractivity contribution in [2.45, 2.75) is 11.7 Å². The molecule has 1 aromatic heterocycles. The zero-order valence-corrected chi connectivity index (χ0v) is 17.1. The second kappa shape index (κ2) is 9.42. The quantitative estimate of drug-likeness (QED) is 0.526. The molecular weight excluding hydrogens is 395 g/mol. The van der Waals surface area contributed by atoms with Gasteiger partial charge in [-0.15, -0.1) is 10.2 Å². The minimum absolute atomic E-state index is 0.105. The number of amides is 1. The Labute approximate surface area is 172 Å². The van der Waals surface area contributed by atoms with Crippen LogP contribution in [-0.2, 0) is 11.3 Å². The molecule has 7 nitrogen and oxygen atoms in total. The van der Waals surface area contributed by atoms with E-state index in [-0.39, 0.29) is 17.4 Å². The molecule has 0 saturated heterocycles. The van der Waals surface area contributed by atoms with Crippen LogP contribution in [-0.4, -0.2) is 52.6 Å². The number of nitrogens with zero attached hydrogens (tertiary/aromatic N) is 4. The molecule has 0 saturated carbocycles. The lowest BCUT2D eigenvalue weighted by Crippen LogP contribution is -2.28. The van der Waals surface area contributed by atoms with E-state index in [1.54, 1.807) is 42.1 Å². The molecule has 0 aliphatic heterocycles. The third kappa shape index (κ3) is 5.05. The fraction of sp³-hybridized carbons (Fsp3) is 0.250. The van der Waals surface area contributed by atoms with Gasteiger partial charge in [-0.2, -0.15) is 0 Å². The smallest absolute Gasteiger partial charge is 0.233 e. The van der Waals surface area contributed by atoms with Crippen LogP contribution in [0.2, 0.25) is 0 Å². The minimum Gasteiger partial charge on any atom is -0.497 e. The number of benzene rings is 2. The number of thioether (sulfide) groups is 1. The maximum absolute atomic E-state index is 13.8. The van der Waals surface area contributed by atoms with Crippen LogP contribution in [0.4, 0.5) is 4.39 Å². The summed E-state index contributed by atoms with van der Waals surface area (Å²) in [5.41, 5.74) is 1.52. The van der Waals surface area contributed by atoms with Crippen molar-refractivity contribution < 1.29 is 18.7 Å². The number of hydrogen-bond acceptors (Lipinski definition) is 6. The van der Waals surface area contributed by atoms with Gasteiger partial charge in [0.15, 0.2) is 16.7 Å². The number of hydrogen-bond donors (Lipinski definition) is 0. The standard InChI is InChI=1S/C20H21FN4O3S/c1-24(11-14-7-8-18(28-3)17(21)9-14)19(26)12-29-20-23-22-13-25(20)15-5-4-6-16(10-15)27-2/h4-10,13H,11-12H2,1-3H3. The first kappa shape index (κ1) is 20.7. The van der Waals surface area contributed by atoms with E-state index >= 15 is 0 Å². The van der Waals surface area contributed by atoms with E-state index in [4.69, 9.17) is 9.47 Å². The third-order valence-electron chi connectivity index (χ3n) is 4.23. The summed E-state index contributed by atoms with van der Waals surface area (Å²) in [6.07, 6.45) is 1.59. The van der Waals surface area contributed by atoms with E-state index in [2.05, 4.69) is 10.2 Å². The van der Waals surface area contributed by atoms with E-state index in [1.807, 2.05) is 24.3 Å². The van der Waals surface area contributed by atoms with E-state index in [9.17, 15) is 9.18 Å². The average molecular weight is 416 g/mol. The van der Waals surface area contributed by atoms with E-state index in [1.165, 1.54) is 24.9 Å². The highest BCUT2D eigenvalue weighted by molar-refractivity contribution is 7.99. The van der Waals surface area contributed by atoms with Crippen LogP contribution in [0.25, 0.3) is 5.69 Å². The molecule has 0 spiro atoms. The third-order valence-corrected chi connectivity index (χ3v) is 5.16. The van der Waals surface area contributed by atoms with Crippen LogP contribution in [0.15, 0.2) is 53.9 Å². The van der Waals surface area contributed by atoms with Crippen LogP contribution in [0, 0.1) is 5.82 Å². The van der Waals surface area contributed by atoms with Gasteiger partial charge >= 0.3 is 0 Å². The van der Waals surface area contributed by atoms with Gasteiger partial charge in [0, 0.05) is 19.7 Å². The van der Waals surface area contributed by atoms with Gasteiger partial charge in [0.2, 0.25) is 5.91 Å². The van der Waals surface area contributed by atoms with Crippen molar-refractivity contribution in [3.63, 3.8) is 0 Å². The second-order valence-electron chi connectivity index (χ2n) is 6.19. The number of carbonyl (C=O) groups excluding carboxylic acids is 1. The van der Waals surface area contributed by atoms with Crippen molar-refractivity contribution in [3.05, 3.63) is 60.2 Å². The molecule has 0 fully saturated rings. The summed E-state index contributed by atoms with van der Waals surface area (Å²) in [5, 5.41) is 8.63. The normalized spacial score (nSPS) is 10.6. The summed E-state index contributed by atoms with van der Waals surface area (Å²) >= 11 is 1.28. The lowest BCUT2D eigenvalue weighted by Gasteiger charge is -2.17. The molecule has 0 aliphatic carbocycles. The molecule has 1 amide bonds. The predicted octanol–water partition coefficient (Wildman–Crippen LogP) is 3.17. The zero-order chi connectivity index (χ0) is 20.8. The number of aromatic nitrogens is 3. The highest BCUT2D eigenvalue weighted by atomic mass is 32.2. The Kier molecular flexibility index (Phi) is 6.71. The number of rotatable bonds is 8. The number of ether oxygens (including phenoxy) is 2. The van der Waals surface area contributed by atoms with Crippen LogP contribution in [0.3, 0.4) is 0 Å². The predicted molar refractivity (Wildman–Crippen MR) is 108 cm³/mol. The van der Waals surface area contributed by atoms with Crippen molar-refractivity contribution in [3.8, 4) is 17.2 Å². The number of halogens is 1. The van der Waals surface area contributed by atoms with Crippen molar-refractivity contribution in [2.24, 2.45) is 0 Å². The molecule has 2 aromatic carbocycles. The summed E-state index contributed by atoms with van der Waals surface area (Å²) < 4.78 is 25.8. The monoisotopic (exact) mass is 416 g/mol. The molecule has 0 atom stereocenters. The zero-order valence-electron chi connectivity index (χ0n) is 16.3. The largest absolute Gasteiger partial charge is 0.497 e. The summed E-state index contributed by atoms with van der Waals surface area (Å²) in [6.45, 7) is 0.295. The minimum atomic E-state index is -0.452. The molecule has 29 heavy (non-hydrogen) atoms. The Bertz CT molecular complexity index is 995. The van der Waals surface area contributed by atoms with Crippen LogP contribution in [0.1, 0.15) is 5.56 Å². The SMILES string of the molecule is COc1cccc(-n2cnnc2SCC(=O)N(C)Cc2ccc(OC)c(F)c2)c1. The average Bonchev–Trinajstić information content (AvgIpc) is 3.20. The highest BCUT2D eigenvalue weighted by Crippen LogP contribution is 2.23. The van der Waals surface area contributed by atoms with E-state index < -0.39 is 5.82 Å². The first-order valence-corrected chi connectivity index (χ1v) is 9.74. The molecular formula is C20H21FN4O3S. The van der Waals surface area contributed by atoms with Crippen LogP contribution >= 0.6 is 11.8 Å². The Morgan fingerprint density at radius 2 is 2.03 bits per heavy atom. The Hall–Kier alpha value is -3.07. The van der Waals surface area contributed by atoms with Gasteiger partial charge < -0.3 is 14.4 Å². The first-order valence-electron chi connectivity index (χ1n) is 8.75. The van der Waals surface area contributed by atoms with Gasteiger partial charge in [-0.3, -0.25) is 9.36 Å². The summed E-state index contributed by atoms with van der Waals surface area (Å²) in [6, 6.07) is 12.1. The number of methoxy groups -OCH3 is 2. The van der Waals surface area contributed by atoms with Gasteiger partial charge in [0.25, 0.3) is 0 Å². The van der Waals surface area contributed by atoms with Gasteiger partial charge in [-0.1, -0.05) is 23.9 Å². The molecule has 0 radical (unpaired) electrons. The van der Waals surface area contributed by atoms with E-state index in [0.29, 0.717) is 17.3 Å². The van der Waals surface area contributed by atoms with Gasteiger partial charge in [0.1, 0.15) is 12.1 Å². The summed E-state index contributed by atoms with van der Waals surface area (Å²) in [7, 11) is 4.69. The first-order chi connectivity index (χ1) is 14.0. The Morgan fingerprint density at radius 3 is 2.76 bits per heavy atom. The van der Waals surface area contributed by atoms with Crippen molar-refractivity contribution in [1.82, 2.24) is 19.7 Å². The fourth-order valence-corrected chi connectivity index (χ4v) is 3.54. The molecule has 0 N–H and O–H groups in total. The lowest BCUT2D eigenvalue weighted by molar-refractivity contribution is -0.127.